The van der Waals surface area contributed by atoms with Gasteiger partial charge in [0.05, 0.1) is 12.7 Å². The van der Waals surface area contributed by atoms with Crippen molar-refractivity contribution in [2.24, 2.45) is 10.9 Å². The highest BCUT2D eigenvalue weighted by atomic mass is 127. The fourth-order valence-corrected chi connectivity index (χ4v) is 4.28. The van der Waals surface area contributed by atoms with Gasteiger partial charge >= 0.3 is 0 Å². The van der Waals surface area contributed by atoms with E-state index in [2.05, 4.69) is 17.1 Å². The number of nitrogens with zero attached hydrogens (tertiary/aromatic N) is 2. The minimum atomic E-state index is 0. The van der Waals surface area contributed by atoms with Gasteiger partial charge in [0.15, 0.2) is 5.96 Å². The molecule has 146 valence electrons. The molecule has 2 aliphatic heterocycles. The van der Waals surface area contributed by atoms with Crippen LogP contribution in [0.25, 0.3) is 0 Å². The number of guanidine groups is 1. The Hall–Kier alpha value is -0.0800. The lowest BCUT2D eigenvalue weighted by atomic mass is 10.0. The van der Waals surface area contributed by atoms with E-state index in [1.807, 2.05) is 0 Å². The van der Waals surface area contributed by atoms with Crippen LogP contribution in [0.1, 0.15) is 58.3 Å². The van der Waals surface area contributed by atoms with Gasteiger partial charge in [-0.3, -0.25) is 4.99 Å². The van der Waals surface area contributed by atoms with Crippen molar-refractivity contribution < 1.29 is 9.47 Å². The molecule has 0 spiro atoms. The summed E-state index contributed by atoms with van der Waals surface area (Å²) >= 11 is 0. The van der Waals surface area contributed by atoms with Gasteiger partial charge in [-0.25, -0.2) is 0 Å². The Morgan fingerprint density at radius 3 is 2.60 bits per heavy atom. The van der Waals surface area contributed by atoms with Crippen LogP contribution >= 0.6 is 24.0 Å². The highest BCUT2D eigenvalue weighted by Crippen LogP contribution is 2.28. The van der Waals surface area contributed by atoms with Gasteiger partial charge < -0.3 is 19.7 Å². The average Bonchev–Trinajstić information content (AvgIpc) is 3.31. The van der Waals surface area contributed by atoms with Crippen molar-refractivity contribution in [1.82, 2.24) is 10.2 Å². The third kappa shape index (κ3) is 6.54. The number of rotatable bonds is 6. The Bertz CT molecular complexity index is 396. The molecule has 0 aromatic carbocycles. The Morgan fingerprint density at radius 1 is 1.08 bits per heavy atom. The highest BCUT2D eigenvalue weighted by Gasteiger charge is 2.32. The third-order valence-electron chi connectivity index (χ3n) is 5.61. The van der Waals surface area contributed by atoms with Crippen LogP contribution in [0.2, 0.25) is 0 Å². The van der Waals surface area contributed by atoms with E-state index in [0.717, 1.165) is 57.7 Å². The zero-order valence-corrected chi connectivity index (χ0v) is 18.1. The molecule has 0 radical (unpaired) electrons. The average molecular weight is 465 g/mol. The van der Waals surface area contributed by atoms with Crippen LogP contribution in [0.5, 0.6) is 0 Å². The molecule has 2 atom stereocenters. The highest BCUT2D eigenvalue weighted by molar-refractivity contribution is 14.0. The van der Waals surface area contributed by atoms with Crippen molar-refractivity contribution in [2.75, 3.05) is 39.4 Å². The largest absolute Gasteiger partial charge is 0.375 e. The smallest absolute Gasteiger partial charge is 0.194 e. The molecule has 2 saturated heterocycles. The van der Waals surface area contributed by atoms with E-state index < -0.39 is 0 Å². The second kappa shape index (κ2) is 11.6. The second-order valence-electron chi connectivity index (χ2n) is 7.44. The molecule has 1 saturated carbocycles. The SMILES string of the molecule is CCNC(=NCCCC1CCCC1)N1CCOC(C2CCCO2)C1.I. The second-order valence-corrected chi connectivity index (χ2v) is 7.44. The number of morpholine rings is 1. The Labute approximate surface area is 170 Å². The molecule has 6 heteroatoms. The molecular weight excluding hydrogens is 429 g/mol. The van der Waals surface area contributed by atoms with E-state index in [-0.39, 0.29) is 36.2 Å². The van der Waals surface area contributed by atoms with Crippen molar-refractivity contribution in [2.45, 2.75) is 70.5 Å². The topological polar surface area (TPSA) is 46.1 Å². The molecule has 5 nitrogen and oxygen atoms in total. The van der Waals surface area contributed by atoms with Gasteiger partial charge in [0, 0.05) is 32.8 Å². The molecule has 2 heterocycles. The fourth-order valence-electron chi connectivity index (χ4n) is 4.28. The number of ether oxygens (including phenoxy) is 2. The van der Waals surface area contributed by atoms with Crippen LogP contribution < -0.4 is 5.32 Å². The summed E-state index contributed by atoms with van der Waals surface area (Å²) in [6, 6.07) is 0. The molecule has 3 aliphatic rings. The fraction of sp³-hybridized carbons (Fsp3) is 0.947. The van der Waals surface area contributed by atoms with E-state index >= 15 is 0 Å². The molecule has 0 aromatic rings. The Morgan fingerprint density at radius 2 is 1.88 bits per heavy atom. The molecule has 3 fully saturated rings. The van der Waals surface area contributed by atoms with Gasteiger partial charge in [0.1, 0.15) is 6.10 Å². The molecule has 0 bridgehead atoms. The minimum Gasteiger partial charge on any atom is -0.375 e. The van der Waals surface area contributed by atoms with Crippen molar-refractivity contribution in [3.63, 3.8) is 0 Å². The van der Waals surface area contributed by atoms with Gasteiger partial charge in [-0.2, -0.15) is 0 Å². The zero-order chi connectivity index (χ0) is 16.6. The summed E-state index contributed by atoms with van der Waals surface area (Å²) in [5.74, 6) is 2.03. The number of hydrogen-bond acceptors (Lipinski definition) is 3. The zero-order valence-electron chi connectivity index (χ0n) is 15.8. The summed E-state index contributed by atoms with van der Waals surface area (Å²) in [6.07, 6.45) is 11.1. The number of hydrogen-bond donors (Lipinski definition) is 1. The molecule has 0 aromatic heterocycles. The van der Waals surface area contributed by atoms with Crippen molar-refractivity contribution in [3.05, 3.63) is 0 Å². The first-order valence-corrected chi connectivity index (χ1v) is 10.1. The van der Waals surface area contributed by atoms with Crippen LogP contribution in [-0.4, -0.2) is 62.5 Å². The van der Waals surface area contributed by atoms with Crippen molar-refractivity contribution >= 4 is 29.9 Å². The molecular formula is C19H36IN3O2. The molecule has 25 heavy (non-hydrogen) atoms. The molecule has 0 amide bonds. The van der Waals surface area contributed by atoms with E-state index in [9.17, 15) is 0 Å². The summed E-state index contributed by atoms with van der Waals surface area (Å²) in [5.41, 5.74) is 0. The lowest BCUT2D eigenvalue weighted by Crippen LogP contribution is -2.53. The van der Waals surface area contributed by atoms with E-state index in [0.29, 0.717) is 0 Å². The summed E-state index contributed by atoms with van der Waals surface area (Å²) in [6.45, 7) is 7.50. The van der Waals surface area contributed by atoms with Gasteiger partial charge in [0.2, 0.25) is 0 Å². The first kappa shape index (κ1) is 21.2. The number of nitrogens with one attached hydrogen (secondary N) is 1. The van der Waals surface area contributed by atoms with Crippen LogP contribution in [0, 0.1) is 5.92 Å². The molecule has 1 N–H and O–H groups in total. The maximum Gasteiger partial charge on any atom is 0.194 e. The standard InChI is InChI=1S/C19H35N3O2.HI/c1-2-20-19(21-11-5-9-16-7-3-4-8-16)22-12-14-24-18(15-22)17-10-6-13-23-17;/h16-18H,2-15H2,1H3,(H,20,21);1H. The monoisotopic (exact) mass is 465 g/mol. The van der Waals surface area contributed by atoms with E-state index in [4.69, 9.17) is 14.5 Å². The molecule has 1 aliphatic carbocycles. The third-order valence-corrected chi connectivity index (χ3v) is 5.61. The van der Waals surface area contributed by atoms with Crippen LogP contribution in [0.15, 0.2) is 4.99 Å². The van der Waals surface area contributed by atoms with Gasteiger partial charge in [0.25, 0.3) is 0 Å². The minimum absolute atomic E-state index is 0. The van der Waals surface area contributed by atoms with E-state index in [1.165, 1.54) is 44.9 Å². The van der Waals surface area contributed by atoms with Gasteiger partial charge in [-0.15, -0.1) is 24.0 Å². The van der Waals surface area contributed by atoms with Gasteiger partial charge in [-0.1, -0.05) is 25.7 Å². The maximum atomic E-state index is 5.96. The predicted octanol–water partition coefficient (Wildman–Crippen LogP) is 3.42. The predicted molar refractivity (Wildman–Crippen MR) is 113 cm³/mol. The summed E-state index contributed by atoms with van der Waals surface area (Å²) < 4.78 is 11.8. The van der Waals surface area contributed by atoms with E-state index in [1.54, 1.807) is 0 Å². The maximum absolute atomic E-state index is 5.96. The lowest BCUT2D eigenvalue weighted by molar-refractivity contribution is -0.0817. The van der Waals surface area contributed by atoms with Crippen molar-refractivity contribution in [1.29, 1.82) is 0 Å². The number of halogens is 1. The summed E-state index contributed by atoms with van der Waals surface area (Å²) in [5, 5.41) is 3.47. The van der Waals surface area contributed by atoms with Crippen LogP contribution in [-0.2, 0) is 9.47 Å². The normalized spacial score (nSPS) is 28.2. The Balaban J connectivity index is 0.00000225. The van der Waals surface area contributed by atoms with Gasteiger partial charge in [-0.05, 0) is 38.5 Å². The lowest BCUT2D eigenvalue weighted by Gasteiger charge is -2.37. The van der Waals surface area contributed by atoms with Crippen LogP contribution in [0.3, 0.4) is 0 Å². The Kier molecular flexibility index (Phi) is 9.84. The molecule has 3 rings (SSSR count). The van der Waals surface area contributed by atoms with Crippen molar-refractivity contribution in [3.8, 4) is 0 Å². The summed E-state index contributed by atoms with van der Waals surface area (Å²) in [7, 11) is 0. The van der Waals surface area contributed by atoms with Crippen LogP contribution in [0.4, 0.5) is 0 Å². The first-order chi connectivity index (χ1) is 11.9. The number of aliphatic imine (C=N–C) groups is 1. The summed E-state index contributed by atoms with van der Waals surface area (Å²) in [4.78, 5) is 7.26. The molecule has 2 unspecified atom stereocenters. The quantitative estimate of drug-likeness (QED) is 0.283. The first-order valence-electron chi connectivity index (χ1n) is 10.1.